The third kappa shape index (κ3) is 2.76. The van der Waals surface area contributed by atoms with E-state index in [-0.39, 0.29) is 0 Å². The van der Waals surface area contributed by atoms with E-state index < -0.39 is 0 Å². The van der Waals surface area contributed by atoms with Gasteiger partial charge in [-0.1, -0.05) is 19.8 Å². The summed E-state index contributed by atoms with van der Waals surface area (Å²) in [6.45, 7) is 4.63. The van der Waals surface area contributed by atoms with E-state index in [9.17, 15) is 0 Å². The van der Waals surface area contributed by atoms with Gasteiger partial charge in [0.1, 0.15) is 0 Å². The van der Waals surface area contributed by atoms with Gasteiger partial charge >= 0.3 is 0 Å². The average Bonchev–Trinajstić information content (AvgIpc) is 2.30. The molecule has 0 aromatic carbocycles. The largest absolute Gasteiger partial charge is 0.395 e. The van der Waals surface area contributed by atoms with Gasteiger partial charge in [-0.15, -0.1) is 0 Å². The van der Waals surface area contributed by atoms with Gasteiger partial charge in [-0.25, -0.2) is 0 Å². The van der Waals surface area contributed by atoms with Crippen LogP contribution in [0.4, 0.5) is 0 Å². The van der Waals surface area contributed by atoms with Crippen molar-refractivity contribution < 1.29 is 5.11 Å². The predicted molar refractivity (Wildman–Crippen MR) is 51.2 cm³/mol. The molecule has 1 atom stereocenters. The maximum Gasteiger partial charge on any atom is 0.0558 e. The standard InChI is InChI=1S/C10H21NO/c1-2-10-6-4-3-5-7-11(10)8-9-12/h10,12H,2-9H2,1H3. The molecule has 2 nitrogen and oxygen atoms in total. The SMILES string of the molecule is CCC1CCCCCN1CCO. The van der Waals surface area contributed by atoms with E-state index in [1.54, 1.807) is 0 Å². The molecule has 0 saturated carbocycles. The molecule has 1 fully saturated rings. The second-order valence-corrected chi connectivity index (χ2v) is 3.67. The number of rotatable bonds is 3. The molecule has 1 heterocycles. The lowest BCUT2D eigenvalue weighted by atomic mass is 10.1. The molecule has 0 radical (unpaired) electrons. The highest BCUT2D eigenvalue weighted by atomic mass is 16.3. The van der Waals surface area contributed by atoms with Crippen molar-refractivity contribution in [1.29, 1.82) is 0 Å². The molecule has 1 rings (SSSR count). The first kappa shape index (κ1) is 10.0. The number of hydrogen-bond acceptors (Lipinski definition) is 2. The first-order chi connectivity index (χ1) is 5.88. The number of aliphatic hydroxyl groups is 1. The highest BCUT2D eigenvalue weighted by Crippen LogP contribution is 2.18. The third-order valence-electron chi connectivity index (χ3n) is 2.86. The summed E-state index contributed by atoms with van der Waals surface area (Å²) in [4.78, 5) is 2.45. The van der Waals surface area contributed by atoms with Crippen molar-refractivity contribution in [1.82, 2.24) is 4.90 Å². The van der Waals surface area contributed by atoms with Crippen LogP contribution in [0.2, 0.25) is 0 Å². The van der Waals surface area contributed by atoms with Crippen LogP contribution in [-0.4, -0.2) is 35.7 Å². The zero-order chi connectivity index (χ0) is 8.81. The van der Waals surface area contributed by atoms with Crippen LogP contribution in [0, 0.1) is 0 Å². The fourth-order valence-corrected chi connectivity index (χ4v) is 2.12. The molecule has 1 unspecified atom stereocenters. The van der Waals surface area contributed by atoms with Gasteiger partial charge in [0.05, 0.1) is 6.61 Å². The van der Waals surface area contributed by atoms with Crippen molar-refractivity contribution in [2.45, 2.75) is 45.1 Å². The van der Waals surface area contributed by atoms with Crippen LogP contribution >= 0.6 is 0 Å². The molecule has 0 aliphatic carbocycles. The average molecular weight is 171 g/mol. The Balaban J connectivity index is 2.39. The van der Waals surface area contributed by atoms with E-state index in [0.717, 1.165) is 12.6 Å². The molecule has 0 spiro atoms. The highest BCUT2D eigenvalue weighted by Gasteiger charge is 2.17. The summed E-state index contributed by atoms with van der Waals surface area (Å²) in [7, 11) is 0. The molecule has 2 heteroatoms. The van der Waals surface area contributed by atoms with Crippen LogP contribution in [-0.2, 0) is 0 Å². The Kier molecular flexibility index (Phi) is 4.62. The van der Waals surface area contributed by atoms with Crippen molar-refractivity contribution in [3.8, 4) is 0 Å². The summed E-state index contributed by atoms with van der Waals surface area (Å²) in [5.41, 5.74) is 0. The van der Waals surface area contributed by atoms with Crippen LogP contribution in [0.15, 0.2) is 0 Å². The Morgan fingerprint density at radius 2 is 2.17 bits per heavy atom. The lowest BCUT2D eigenvalue weighted by molar-refractivity contribution is 0.149. The zero-order valence-electron chi connectivity index (χ0n) is 8.13. The van der Waals surface area contributed by atoms with Crippen LogP contribution in [0.1, 0.15) is 39.0 Å². The van der Waals surface area contributed by atoms with Gasteiger partial charge < -0.3 is 5.11 Å². The molecule has 1 saturated heterocycles. The number of likely N-dealkylation sites (tertiary alicyclic amines) is 1. The lowest BCUT2D eigenvalue weighted by Crippen LogP contribution is -2.36. The van der Waals surface area contributed by atoms with Crippen LogP contribution < -0.4 is 0 Å². The zero-order valence-corrected chi connectivity index (χ0v) is 8.13. The Bertz CT molecular complexity index is 116. The van der Waals surface area contributed by atoms with E-state index in [2.05, 4.69) is 11.8 Å². The van der Waals surface area contributed by atoms with E-state index in [0.29, 0.717) is 6.61 Å². The molecule has 1 N–H and O–H groups in total. The van der Waals surface area contributed by atoms with Gasteiger partial charge in [-0.2, -0.15) is 0 Å². The van der Waals surface area contributed by atoms with Gasteiger partial charge in [0.15, 0.2) is 0 Å². The molecular weight excluding hydrogens is 150 g/mol. The van der Waals surface area contributed by atoms with Crippen LogP contribution in [0.5, 0.6) is 0 Å². The van der Waals surface area contributed by atoms with Crippen molar-refractivity contribution in [2.75, 3.05) is 19.7 Å². The lowest BCUT2D eigenvalue weighted by Gasteiger charge is -2.28. The fourth-order valence-electron chi connectivity index (χ4n) is 2.12. The molecule has 72 valence electrons. The summed E-state index contributed by atoms with van der Waals surface area (Å²) in [5, 5.41) is 8.88. The van der Waals surface area contributed by atoms with Gasteiger partial charge in [-0.05, 0) is 25.8 Å². The Morgan fingerprint density at radius 3 is 2.83 bits per heavy atom. The van der Waals surface area contributed by atoms with Crippen molar-refractivity contribution in [3.63, 3.8) is 0 Å². The maximum atomic E-state index is 8.88. The van der Waals surface area contributed by atoms with Crippen LogP contribution in [0.3, 0.4) is 0 Å². The van der Waals surface area contributed by atoms with Crippen molar-refractivity contribution >= 4 is 0 Å². The number of nitrogens with zero attached hydrogens (tertiary/aromatic N) is 1. The molecular formula is C10H21NO. The summed E-state index contributed by atoms with van der Waals surface area (Å²) < 4.78 is 0. The van der Waals surface area contributed by atoms with Crippen LogP contribution in [0.25, 0.3) is 0 Å². The van der Waals surface area contributed by atoms with Gasteiger partial charge in [0.25, 0.3) is 0 Å². The second kappa shape index (κ2) is 5.55. The van der Waals surface area contributed by atoms with E-state index in [1.165, 1.54) is 38.6 Å². The van der Waals surface area contributed by atoms with Gasteiger partial charge in [-0.3, -0.25) is 4.90 Å². The number of β-amino-alcohol motifs (C(OH)–C–C–N with tert-alkyl or cyclic N) is 1. The maximum absolute atomic E-state index is 8.88. The van der Waals surface area contributed by atoms with Crippen molar-refractivity contribution in [2.24, 2.45) is 0 Å². The third-order valence-corrected chi connectivity index (χ3v) is 2.86. The Labute approximate surface area is 75.6 Å². The predicted octanol–water partition coefficient (Wildman–Crippen LogP) is 1.63. The first-order valence-corrected chi connectivity index (χ1v) is 5.23. The van der Waals surface area contributed by atoms with Crippen molar-refractivity contribution in [3.05, 3.63) is 0 Å². The fraction of sp³-hybridized carbons (Fsp3) is 1.00. The van der Waals surface area contributed by atoms with E-state index in [4.69, 9.17) is 5.11 Å². The van der Waals surface area contributed by atoms with E-state index in [1.807, 2.05) is 0 Å². The van der Waals surface area contributed by atoms with Gasteiger partial charge in [0.2, 0.25) is 0 Å². The smallest absolute Gasteiger partial charge is 0.0558 e. The topological polar surface area (TPSA) is 23.5 Å². The monoisotopic (exact) mass is 171 g/mol. The highest BCUT2D eigenvalue weighted by molar-refractivity contribution is 4.73. The minimum atomic E-state index is 0.316. The Hall–Kier alpha value is -0.0800. The minimum Gasteiger partial charge on any atom is -0.395 e. The molecule has 0 amide bonds. The number of aliphatic hydroxyl groups excluding tert-OH is 1. The molecule has 0 aromatic rings. The number of hydrogen-bond donors (Lipinski definition) is 1. The normalized spacial score (nSPS) is 27.0. The quantitative estimate of drug-likeness (QED) is 0.697. The molecule has 0 aromatic heterocycles. The van der Waals surface area contributed by atoms with E-state index >= 15 is 0 Å². The van der Waals surface area contributed by atoms with Gasteiger partial charge in [0, 0.05) is 12.6 Å². The first-order valence-electron chi connectivity index (χ1n) is 5.23. The second-order valence-electron chi connectivity index (χ2n) is 3.67. The molecule has 0 bridgehead atoms. The summed E-state index contributed by atoms with van der Waals surface area (Å²) in [6, 6.07) is 0.736. The minimum absolute atomic E-state index is 0.316. The molecule has 1 aliphatic heterocycles. The summed E-state index contributed by atoms with van der Waals surface area (Å²) >= 11 is 0. The molecule has 1 aliphatic rings. The molecule has 12 heavy (non-hydrogen) atoms. The Morgan fingerprint density at radius 1 is 1.33 bits per heavy atom. The summed E-state index contributed by atoms with van der Waals surface area (Å²) in [6.07, 6.45) is 6.63. The summed E-state index contributed by atoms with van der Waals surface area (Å²) in [5.74, 6) is 0.